The third-order valence-electron chi connectivity index (χ3n) is 3.18. The lowest BCUT2D eigenvalue weighted by molar-refractivity contribution is 0.183. The van der Waals surface area contributed by atoms with Crippen LogP contribution in [0.2, 0.25) is 0 Å². The number of benzene rings is 1. The summed E-state index contributed by atoms with van der Waals surface area (Å²) in [6.07, 6.45) is 1.49. The molecule has 2 heterocycles. The molecule has 5 nitrogen and oxygen atoms in total. The predicted octanol–water partition coefficient (Wildman–Crippen LogP) is 2.59. The minimum atomic E-state index is -0.350. The minimum Gasteiger partial charge on any atom is -0.427 e. The molecule has 3 aromatic rings. The molecule has 106 valence electrons. The Labute approximate surface area is 119 Å². The van der Waals surface area contributed by atoms with Crippen molar-refractivity contribution in [2.24, 2.45) is 0 Å². The smallest absolute Gasteiger partial charge is 0.248 e. The van der Waals surface area contributed by atoms with Crippen LogP contribution in [0.15, 0.2) is 47.4 Å². The van der Waals surface area contributed by atoms with Crippen LogP contribution in [0.4, 0.5) is 4.39 Å². The Bertz CT molecular complexity index is 850. The average molecular weight is 285 g/mol. The zero-order valence-corrected chi connectivity index (χ0v) is 11.2. The molecule has 0 radical (unpaired) electrons. The first-order valence-electron chi connectivity index (χ1n) is 6.30. The predicted molar refractivity (Wildman–Crippen MR) is 75.6 cm³/mol. The Balaban J connectivity index is 2.25. The normalized spacial score (nSPS) is 10.8. The highest BCUT2D eigenvalue weighted by Crippen LogP contribution is 2.31. The van der Waals surface area contributed by atoms with Crippen molar-refractivity contribution in [3.63, 3.8) is 0 Å². The van der Waals surface area contributed by atoms with Crippen LogP contribution in [0.3, 0.4) is 0 Å². The van der Waals surface area contributed by atoms with Crippen molar-refractivity contribution < 1.29 is 9.60 Å². The Hall–Kier alpha value is -2.89. The Morgan fingerprint density at radius 2 is 1.90 bits per heavy atom. The van der Waals surface area contributed by atoms with Gasteiger partial charge in [-0.1, -0.05) is 0 Å². The fraction of sp³-hybridized carbons (Fsp3) is 0.0667. The van der Waals surface area contributed by atoms with Crippen LogP contribution in [-0.2, 0) is 0 Å². The van der Waals surface area contributed by atoms with Gasteiger partial charge in [0.15, 0.2) is 0 Å². The molecule has 0 saturated heterocycles. The van der Waals surface area contributed by atoms with Crippen molar-refractivity contribution in [1.82, 2.24) is 14.7 Å². The van der Waals surface area contributed by atoms with Gasteiger partial charge in [-0.3, -0.25) is 4.79 Å². The molecular formula is C15H12FN3O2. The third-order valence-corrected chi connectivity index (χ3v) is 3.18. The van der Waals surface area contributed by atoms with Crippen molar-refractivity contribution in [3.8, 4) is 22.5 Å². The van der Waals surface area contributed by atoms with E-state index in [1.165, 1.54) is 24.4 Å². The Morgan fingerprint density at radius 3 is 2.57 bits per heavy atom. The van der Waals surface area contributed by atoms with E-state index in [0.717, 1.165) is 4.73 Å². The van der Waals surface area contributed by atoms with Crippen molar-refractivity contribution >= 4 is 0 Å². The quantitative estimate of drug-likeness (QED) is 0.711. The number of imidazole rings is 1. The monoisotopic (exact) mass is 285 g/mol. The first-order chi connectivity index (χ1) is 10.1. The van der Waals surface area contributed by atoms with E-state index in [9.17, 15) is 14.4 Å². The number of hydrogen-bond acceptors (Lipinski definition) is 3. The molecule has 0 unspecified atom stereocenters. The number of rotatable bonds is 2. The number of pyridine rings is 1. The molecule has 0 aliphatic carbocycles. The number of nitrogens with zero attached hydrogens (tertiary/aromatic N) is 2. The fourth-order valence-corrected chi connectivity index (χ4v) is 2.18. The maximum atomic E-state index is 13.0. The van der Waals surface area contributed by atoms with Gasteiger partial charge in [0.1, 0.15) is 23.0 Å². The molecule has 0 aliphatic rings. The van der Waals surface area contributed by atoms with Gasteiger partial charge in [0.05, 0.1) is 0 Å². The number of aromatic amines is 1. The molecule has 0 saturated carbocycles. The summed E-state index contributed by atoms with van der Waals surface area (Å²) >= 11 is 0. The van der Waals surface area contributed by atoms with Crippen LogP contribution in [0, 0.1) is 12.7 Å². The highest BCUT2D eigenvalue weighted by molar-refractivity contribution is 5.78. The standard InChI is InChI=1S/C15H12FN3O2/c1-9-18-14(10-2-4-12(16)5-3-10)15(19(9)21)11-6-7-17-13(20)8-11/h2-8,21H,1H3,(H,17,20). The van der Waals surface area contributed by atoms with Crippen LogP contribution in [0.25, 0.3) is 22.5 Å². The van der Waals surface area contributed by atoms with Gasteiger partial charge >= 0.3 is 0 Å². The van der Waals surface area contributed by atoms with E-state index in [1.807, 2.05) is 0 Å². The summed E-state index contributed by atoms with van der Waals surface area (Å²) in [6, 6.07) is 8.83. The van der Waals surface area contributed by atoms with E-state index in [4.69, 9.17) is 0 Å². The molecule has 0 atom stereocenters. The second kappa shape index (κ2) is 4.90. The SMILES string of the molecule is Cc1nc(-c2ccc(F)cc2)c(-c2cc[nH]c(=O)c2)n1O. The van der Waals surface area contributed by atoms with Gasteiger partial charge in [-0.2, -0.15) is 4.73 Å². The molecule has 0 fully saturated rings. The zero-order valence-electron chi connectivity index (χ0n) is 11.2. The van der Waals surface area contributed by atoms with Crippen molar-refractivity contribution in [2.45, 2.75) is 6.92 Å². The lowest BCUT2D eigenvalue weighted by atomic mass is 10.1. The van der Waals surface area contributed by atoms with Crippen LogP contribution in [0.1, 0.15) is 5.82 Å². The van der Waals surface area contributed by atoms with E-state index in [2.05, 4.69) is 9.97 Å². The van der Waals surface area contributed by atoms with Crippen molar-refractivity contribution in [2.75, 3.05) is 0 Å². The molecular weight excluding hydrogens is 273 g/mol. The van der Waals surface area contributed by atoms with Gasteiger partial charge in [0, 0.05) is 23.4 Å². The summed E-state index contributed by atoms with van der Waals surface area (Å²) in [5.41, 5.74) is 1.78. The molecule has 0 bridgehead atoms. The van der Waals surface area contributed by atoms with Crippen molar-refractivity contribution in [3.05, 3.63) is 64.6 Å². The number of hydrogen-bond donors (Lipinski definition) is 2. The highest BCUT2D eigenvalue weighted by atomic mass is 19.1. The van der Waals surface area contributed by atoms with Crippen molar-refractivity contribution in [1.29, 1.82) is 0 Å². The Kier molecular flexibility index (Phi) is 3.06. The average Bonchev–Trinajstić information content (AvgIpc) is 2.76. The Morgan fingerprint density at radius 1 is 1.19 bits per heavy atom. The van der Waals surface area contributed by atoms with Gasteiger partial charge < -0.3 is 10.2 Å². The molecule has 2 N–H and O–H groups in total. The van der Waals surface area contributed by atoms with Gasteiger partial charge in [0.2, 0.25) is 5.56 Å². The van der Waals surface area contributed by atoms with Crippen LogP contribution in [-0.4, -0.2) is 19.9 Å². The van der Waals surface area contributed by atoms with E-state index in [0.29, 0.717) is 28.3 Å². The van der Waals surface area contributed by atoms with E-state index in [1.54, 1.807) is 25.1 Å². The number of aryl methyl sites for hydroxylation is 1. The highest BCUT2D eigenvalue weighted by Gasteiger charge is 2.18. The summed E-state index contributed by atoms with van der Waals surface area (Å²) in [5.74, 6) is 0.0289. The van der Waals surface area contributed by atoms with Crippen LogP contribution < -0.4 is 5.56 Å². The summed E-state index contributed by atoms with van der Waals surface area (Å²) < 4.78 is 14.0. The summed E-state index contributed by atoms with van der Waals surface area (Å²) in [6.45, 7) is 1.64. The number of halogens is 1. The first kappa shape index (κ1) is 13.1. The summed E-state index contributed by atoms with van der Waals surface area (Å²) in [4.78, 5) is 18.3. The molecule has 0 amide bonds. The van der Waals surface area contributed by atoms with Crippen LogP contribution >= 0.6 is 0 Å². The number of aromatic nitrogens is 3. The lowest BCUT2D eigenvalue weighted by Crippen LogP contribution is -2.04. The first-order valence-corrected chi connectivity index (χ1v) is 6.30. The second-order valence-corrected chi connectivity index (χ2v) is 4.62. The molecule has 21 heavy (non-hydrogen) atoms. The molecule has 6 heteroatoms. The van der Waals surface area contributed by atoms with Crippen LogP contribution in [0.5, 0.6) is 0 Å². The molecule has 2 aromatic heterocycles. The molecule has 0 aliphatic heterocycles. The summed E-state index contributed by atoms with van der Waals surface area (Å²) in [5, 5.41) is 10.1. The van der Waals surface area contributed by atoms with Gasteiger partial charge in [0.25, 0.3) is 0 Å². The second-order valence-electron chi connectivity index (χ2n) is 4.62. The molecule has 0 spiro atoms. The van der Waals surface area contributed by atoms with Gasteiger partial charge in [-0.05, 0) is 37.3 Å². The zero-order chi connectivity index (χ0) is 15.0. The topological polar surface area (TPSA) is 70.9 Å². The minimum absolute atomic E-state index is 0.281. The van der Waals surface area contributed by atoms with Gasteiger partial charge in [-0.15, -0.1) is 0 Å². The molecule has 1 aromatic carbocycles. The molecule has 3 rings (SSSR count). The van der Waals surface area contributed by atoms with E-state index in [-0.39, 0.29) is 11.4 Å². The third kappa shape index (κ3) is 2.31. The maximum absolute atomic E-state index is 13.0. The largest absolute Gasteiger partial charge is 0.427 e. The fourth-order valence-electron chi connectivity index (χ4n) is 2.18. The van der Waals surface area contributed by atoms with E-state index >= 15 is 0 Å². The lowest BCUT2D eigenvalue weighted by Gasteiger charge is -2.05. The van der Waals surface area contributed by atoms with E-state index < -0.39 is 0 Å². The van der Waals surface area contributed by atoms with Gasteiger partial charge in [-0.25, -0.2) is 9.37 Å². The number of nitrogens with one attached hydrogen (secondary N) is 1. The maximum Gasteiger partial charge on any atom is 0.248 e. The summed E-state index contributed by atoms with van der Waals surface area (Å²) in [7, 11) is 0. The number of H-pyrrole nitrogens is 1.